The van der Waals surface area contributed by atoms with Crippen molar-refractivity contribution in [3.8, 4) is 0 Å². The van der Waals surface area contributed by atoms with Gasteiger partial charge in [0, 0.05) is 18.8 Å². The number of aromatic nitrogens is 4. The number of H-pyrrole nitrogens is 1. The van der Waals surface area contributed by atoms with E-state index in [1.807, 2.05) is 39.9 Å². The monoisotopic (exact) mass is 337 g/mol. The zero-order valence-electron chi connectivity index (χ0n) is 14.5. The number of aromatic amines is 1. The first-order valence-corrected chi connectivity index (χ1v) is 8.87. The van der Waals surface area contributed by atoms with Crippen LogP contribution in [0.15, 0.2) is 36.8 Å². The van der Waals surface area contributed by atoms with Gasteiger partial charge in [-0.1, -0.05) is 12.1 Å². The number of piperidine rings is 1. The molecule has 4 rings (SSSR count). The summed E-state index contributed by atoms with van der Waals surface area (Å²) in [6.07, 6.45) is 6.82. The Morgan fingerprint density at radius 1 is 1.36 bits per heavy atom. The van der Waals surface area contributed by atoms with Gasteiger partial charge >= 0.3 is 0 Å². The van der Waals surface area contributed by atoms with Crippen LogP contribution < -0.4 is 0 Å². The van der Waals surface area contributed by atoms with Crippen molar-refractivity contribution in [2.24, 2.45) is 5.92 Å². The molecule has 1 fully saturated rings. The molecule has 1 N–H and O–H groups in total. The number of likely N-dealkylation sites (tertiary alicyclic amines) is 1. The lowest BCUT2D eigenvalue weighted by molar-refractivity contribution is -0.133. The number of benzene rings is 1. The predicted molar refractivity (Wildman–Crippen MR) is 96.1 cm³/mol. The van der Waals surface area contributed by atoms with Crippen LogP contribution in [0.2, 0.25) is 0 Å². The minimum atomic E-state index is 0.175. The standard InChI is InChI=1S/C19H23N5O/c1-14-10-21-22-17(14)9-15-5-4-8-23(11-15)19(25)12-24-13-20-16-6-2-3-7-18(16)24/h2-3,6-7,10,13,15H,4-5,8-9,11-12H2,1H3,(H,21,22). The molecule has 0 aliphatic carbocycles. The summed E-state index contributed by atoms with van der Waals surface area (Å²) in [6.45, 7) is 4.11. The molecular formula is C19H23N5O. The molecule has 6 heteroatoms. The Morgan fingerprint density at radius 2 is 2.24 bits per heavy atom. The van der Waals surface area contributed by atoms with E-state index >= 15 is 0 Å². The molecule has 0 bridgehead atoms. The third kappa shape index (κ3) is 3.29. The molecule has 130 valence electrons. The second kappa shape index (κ2) is 6.70. The molecule has 1 atom stereocenters. The van der Waals surface area contributed by atoms with Crippen LogP contribution in [0.4, 0.5) is 0 Å². The first kappa shape index (κ1) is 15.9. The molecule has 1 aliphatic heterocycles. The van der Waals surface area contributed by atoms with Crippen molar-refractivity contribution in [1.29, 1.82) is 0 Å². The van der Waals surface area contributed by atoms with Gasteiger partial charge in [-0.2, -0.15) is 5.10 Å². The van der Waals surface area contributed by atoms with Crippen LogP contribution in [-0.4, -0.2) is 43.6 Å². The van der Waals surface area contributed by atoms with Crippen molar-refractivity contribution in [3.05, 3.63) is 48.0 Å². The van der Waals surface area contributed by atoms with E-state index in [2.05, 4.69) is 22.1 Å². The Labute approximate surface area is 146 Å². The number of amides is 1. The molecule has 1 unspecified atom stereocenters. The van der Waals surface area contributed by atoms with Crippen molar-refractivity contribution in [3.63, 3.8) is 0 Å². The number of nitrogens with one attached hydrogen (secondary N) is 1. The molecule has 1 amide bonds. The second-order valence-electron chi connectivity index (χ2n) is 6.94. The Kier molecular flexibility index (Phi) is 4.26. The van der Waals surface area contributed by atoms with Crippen LogP contribution in [0.1, 0.15) is 24.1 Å². The van der Waals surface area contributed by atoms with Crippen molar-refractivity contribution >= 4 is 16.9 Å². The highest BCUT2D eigenvalue weighted by Gasteiger charge is 2.25. The number of carbonyl (C=O) groups is 1. The van der Waals surface area contributed by atoms with Crippen molar-refractivity contribution in [1.82, 2.24) is 24.6 Å². The summed E-state index contributed by atoms with van der Waals surface area (Å²) in [7, 11) is 0. The zero-order valence-corrected chi connectivity index (χ0v) is 14.5. The van der Waals surface area contributed by atoms with Crippen molar-refractivity contribution < 1.29 is 4.79 Å². The molecule has 3 aromatic rings. The quantitative estimate of drug-likeness (QED) is 0.795. The fourth-order valence-corrected chi connectivity index (χ4v) is 3.71. The number of nitrogens with zero attached hydrogens (tertiary/aromatic N) is 4. The molecule has 0 radical (unpaired) electrons. The number of hydrogen-bond acceptors (Lipinski definition) is 3. The summed E-state index contributed by atoms with van der Waals surface area (Å²) < 4.78 is 1.94. The van der Waals surface area contributed by atoms with Crippen molar-refractivity contribution in [2.75, 3.05) is 13.1 Å². The molecule has 25 heavy (non-hydrogen) atoms. The van der Waals surface area contributed by atoms with Gasteiger partial charge in [-0.25, -0.2) is 4.98 Å². The van der Waals surface area contributed by atoms with Gasteiger partial charge in [0.1, 0.15) is 6.54 Å². The van der Waals surface area contributed by atoms with Crippen LogP contribution >= 0.6 is 0 Å². The number of rotatable bonds is 4. The Bertz CT molecular complexity index is 881. The van der Waals surface area contributed by atoms with E-state index in [0.717, 1.165) is 43.4 Å². The lowest BCUT2D eigenvalue weighted by atomic mass is 9.92. The van der Waals surface area contributed by atoms with Gasteiger partial charge in [-0.3, -0.25) is 9.89 Å². The van der Waals surface area contributed by atoms with E-state index in [1.54, 1.807) is 6.33 Å². The molecule has 1 saturated heterocycles. The number of hydrogen-bond donors (Lipinski definition) is 1. The SMILES string of the molecule is Cc1cn[nH]c1CC1CCCN(C(=O)Cn2cnc3ccccc32)C1. The van der Waals surface area contributed by atoms with E-state index < -0.39 is 0 Å². The summed E-state index contributed by atoms with van der Waals surface area (Å²) in [4.78, 5) is 19.2. The fourth-order valence-electron chi connectivity index (χ4n) is 3.71. The third-order valence-electron chi connectivity index (χ3n) is 5.13. The predicted octanol–water partition coefficient (Wildman–Crippen LogP) is 2.55. The van der Waals surface area contributed by atoms with Crippen LogP contribution in [0, 0.1) is 12.8 Å². The van der Waals surface area contributed by atoms with E-state index in [-0.39, 0.29) is 5.91 Å². The van der Waals surface area contributed by atoms with Gasteiger partial charge in [-0.05, 0) is 49.8 Å². The smallest absolute Gasteiger partial charge is 0.242 e. The van der Waals surface area contributed by atoms with Crippen molar-refractivity contribution in [2.45, 2.75) is 32.7 Å². The summed E-state index contributed by atoms with van der Waals surface area (Å²) in [5.41, 5.74) is 4.34. The lowest BCUT2D eigenvalue weighted by Gasteiger charge is -2.33. The number of fused-ring (bicyclic) bond motifs is 1. The molecule has 6 nitrogen and oxygen atoms in total. The van der Waals surface area contributed by atoms with Gasteiger partial charge in [0.2, 0.25) is 5.91 Å². The fraction of sp³-hybridized carbons (Fsp3) is 0.421. The topological polar surface area (TPSA) is 66.8 Å². The van der Waals surface area contributed by atoms with Gasteiger partial charge in [-0.15, -0.1) is 0 Å². The van der Waals surface area contributed by atoms with Gasteiger partial charge in [0.25, 0.3) is 0 Å². The zero-order chi connectivity index (χ0) is 17.2. The number of aryl methyl sites for hydroxylation is 1. The second-order valence-corrected chi connectivity index (χ2v) is 6.94. The number of carbonyl (C=O) groups excluding carboxylic acids is 1. The average Bonchev–Trinajstić information content (AvgIpc) is 3.22. The number of para-hydroxylation sites is 2. The van der Waals surface area contributed by atoms with Gasteiger partial charge in [0.15, 0.2) is 0 Å². The van der Waals surface area contributed by atoms with E-state index in [4.69, 9.17) is 0 Å². The van der Waals surface area contributed by atoms with E-state index in [0.29, 0.717) is 12.5 Å². The first-order chi connectivity index (χ1) is 12.2. The normalized spacial score (nSPS) is 18.0. The lowest BCUT2D eigenvalue weighted by Crippen LogP contribution is -2.42. The average molecular weight is 337 g/mol. The molecule has 1 aromatic carbocycles. The molecule has 3 heterocycles. The Balaban J connectivity index is 1.42. The third-order valence-corrected chi connectivity index (χ3v) is 5.13. The van der Waals surface area contributed by atoms with E-state index in [9.17, 15) is 4.79 Å². The molecule has 2 aromatic heterocycles. The highest BCUT2D eigenvalue weighted by atomic mass is 16.2. The van der Waals surface area contributed by atoms with Gasteiger partial charge < -0.3 is 9.47 Å². The van der Waals surface area contributed by atoms with Crippen LogP contribution in [0.3, 0.4) is 0 Å². The largest absolute Gasteiger partial charge is 0.341 e. The summed E-state index contributed by atoms with van der Waals surface area (Å²) >= 11 is 0. The minimum absolute atomic E-state index is 0.175. The Hall–Kier alpha value is -2.63. The number of imidazole rings is 1. The summed E-state index contributed by atoms with van der Waals surface area (Å²) in [6, 6.07) is 7.93. The van der Waals surface area contributed by atoms with Crippen LogP contribution in [0.5, 0.6) is 0 Å². The molecule has 0 saturated carbocycles. The Morgan fingerprint density at radius 3 is 3.08 bits per heavy atom. The van der Waals surface area contributed by atoms with Gasteiger partial charge in [0.05, 0.1) is 23.6 Å². The molecular weight excluding hydrogens is 314 g/mol. The van der Waals surface area contributed by atoms with Crippen LogP contribution in [0.25, 0.3) is 11.0 Å². The summed E-state index contributed by atoms with van der Waals surface area (Å²) in [5.74, 6) is 0.672. The minimum Gasteiger partial charge on any atom is -0.341 e. The maximum Gasteiger partial charge on any atom is 0.242 e. The highest BCUT2D eigenvalue weighted by molar-refractivity contribution is 5.80. The first-order valence-electron chi connectivity index (χ1n) is 8.87. The maximum atomic E-state index is 12.8. The molecule has 1 aliphatic rings. The van der Waals surface area contributed by atoms with E-state index in [1.165, 1.54) is 11.3 Å². The molecule has 0 spiro atoms. The highest BCUT2D eigenvalue weighted by Crippen LogP contribution is 2.22. The maximum absolute atomic E-state index is 12.8. The van der Waals surface area contributed by atoms with Crippen LogP contribution in [-0.2, 0) is 17.8 Å². The summed E-state index contributed by atoms with van der Waals surface area (Å²) in [5, 5.41) is 7.19.